The summed E-state index contributed by atoms with van der Waals surface area (Å²) < 4.78 is 23.3. The Balaban J connectivity index is 1.21. The van der Waals surface area contributed by atoms with Crippen LogP contribution in [0.25, 0.3) is 11.1 Å². The molecule has 1 aliphatic carbocycles. The molecule has 224 valence electrons. The van der Waals surface area contributed by atoms with Gasteiger partial charge in [-0.25, -0.2) is 0 Å². The summed E-state index contributed by atoms with van der Waals surface area (Å²) in [7, 11) is 1.72. The lowest BCUT2D eigenvalue weighted by atomic mass is 9.96. The van der Waals surface area contributed by atoms with Gasteiger partial charge in [-0.1, -0.05) is 41.6 Å². The molecule has 0 atom stereocenters. The molecule has 7 heteroatoms. The van der Waals surface area contributed by atoms with Crippen LogP contribution >= 0.6 is 0 Å². The van der Waals surface area contributed by atoms with E-state index in [2.05, 4.69) is 53.7 Å². The van der Waals surface area contributed by atoms with E-state index in [-0.39, 0.29) is 5.91 Å². The minimum atomic E-state index is 0.120. The summed E-state index contributed by atoms with van der Waals surface area (Å²) in [4.78, 5) is 15.5. The summed E-state index contributed by atoms with van der Waals surface area (Å²) in [6.07, 6.45) is 5.19. The van der Waals surface area contributed by atoms with Crippen molar-refractivity contribution in [3.05, 3.63) is 99.4 Å². The van der Waals surface area contributed by atoms with Crippen molar-refractivity contribution in [1.82, 2.24) is 10.1 Å². The second-order valence-electron chi connectivity index (χ2n) is 11.6. The maximum absolute atomic E-state index is 13.6. The Morgan fingerprint density at radius 3 is 2.60 bits per heavy atom. The lowest BCUT2D eigenvalue weighted by Crippen LogP contribution is -2.34. The summed E-state index contributed by atoms with van der Waals surface area (Å²) in [5.74, 6) is 2.66. The van der Waals surface area contributed by atoms with Crippen molar-refractivity contribution in [3.8, 4) is 22.6 Å². The fraction of sp³-hybridized carbons (Fsp3) is 0.389. The maximum atomic E-state index is 13.6. The highest BCUT2D eigenvalue weighted by molar-refractivity contribution is 5.76. The van der Waals surface area contributed by atoms with Gasteiger partial charge in [0.1, 0.15) is 23.9 Å². The molecule has 0 saturated heterocycles. The molecule has 1 aromatic heterocycles. The maximum Gasteiger partial charge on any atom is 0.223 e. The van der Waals surface area contributed by atoms with Gasteiger partial charge in [0.2, 0.25) is 5.91 Å². The lowest BCUT2D eigenvalue weighted by molar-refractivity contribution is -0.132. The highest BCUT2D eigenvalue weighted by atomic mass is 16.5. The Kier molecular flexibility index (Phi) is 8.79. The molecule has 0 N–H and O–H groups in total. The van der Waals surface area contributed by atoms with Gasteiger partial charge in [-0.2, -0.15) is 0 Å². The van der Waals surface area contributed by atoms with Crippen LogP contribution in [0.15, 0.2) is 59.1 Å². The molecule has 0 fully saturated rings. The number of benzene rings is 3. The molecule has 2 bridgehead atoms. The fourth-order valence-electron chi connectivity index (χ4n) is 6.40. The number of fused-ring (bicyclic) bond motifs is 4. The summed E-state index contributed by atoms with van der Waals surface area (Å²) >= 11 is 0. The predicted molar refractivity (Wildman–Crippen MR) is 166 cm³/mol. The highest BCUT2D eigenvalue weighted by Crippen LogP contribution is 2.33. The summed E-state index contributed by atoms with van der Waals surface area (Å²) in [6.45, 7) is 6.31. The van der Waals surface area contributed by atoms with Crippen molar-refractivity contribution in [3.63, 3.8) is 0 Å². The molecular formula is C36H40N2O5. The van der Waals surface area contributed by atoms with E-state index < -0.39 is 0 Å². The van der Waals surface area contributed by atoms with Crippen LogP contribution in [0.2, 0.25) is 0 Å². The lowest BCUT2D eigenvalue weighted by Gasteiger charge is -2.24. The van der Waals surface area contributed by atoms with Crippen molar-refractivity contribution in [2.45, 2.75) is 58.9 Å². The largest absolute Gasteiger partial charge is 0.496 e. The number of rotatable bonds is 5. The predicted octanol–water partition coefficient (Wildman–Crippen LogP) is 6.42. The van der Waals surface area contributed by atoms with Crippen LogP contribution < -0.4 is 9.47 Å². The molecule has 0 saturated carbocycles. The van der Waals surface area contributed by atoms with Crippen molar-refractivity contribution in [1.29, 1.82) is 0 Å². The first-order valence-electron chi connectivity index (χ1n) is 15.3. The molecule has 7 nitrogen and oxygen atoms in total. The second-order valence-corrected chi connectivity index (χ2v) is 11.6. The number of amides is 1. The van der Waals surface area contributed by atoms with Crippen LogP contribution in [-0.4, -0.2) is 49.4 Å². The minimum absolute atomic E-state index is 0.120. The van der Waals surface area contributed by atoms with E-state index in [0.29, 0.717) is 52.2 Å². The van der Waals surface area contributed by atoms with Gasteiger partial charge in [-0.15, -0.1) is 0 Å². The van der Waals surface area contributed by atoms with E-state index >= 15 is 0 Å². The third-order valence-corrected chi connectivity index (χ3v) is 8.59. The molecule has 0 unspecified atom stereocenters. The number of ether oxygens (including phenoxy) is 3. The molecule has 0 spiro atoms. The van der Waals surface area contributed by atoms with Gasteiger partial charge in [0, 0.05) is 31.5 Å². The minimum Gasteiger partial charge on any atom is -0.496 e. The van der Waals surface area contributed by atoms with Gasteiger partial charge in [-0.05, 0) is 96.7 Å². The third-order valence-electron chi connectivity index (χ3n) is 8.59. The van der Waals surface area contributed by atoms with Crippen LogP contribution in [-0.2, 0) is 41.8 Å². The fourth-order valence-corrected chi connectivity index (χ4v) is 6.40. The number of hydrogen-bond acceptors (Lipinski definition) is 6. The molecule has 3 aromatic carbocycles. The number of aromatic nitrogens is 1. The number of carbonyl (C=O) groups is 1. The average molecular weight is 581 g/mol. The zero-order valence-corrected chi connectivity index (χ0v) is 25.4. The summed E-state index contributed by atoms with van der Waals surface area (Å²) in [5, 5.41) is 4.14. The molecule has 43 heavy (non-hydrogen) atoms. The highest BCUT2D eigenvalue weighted by Gasteiger charge is 2.20. The average Bonchev–Trinajstić information content (AvgIpc) is 3.61. The number of hydrogen-bond donors (Lipinski definition) is 0. The molecule has 2 heterocycles. The quantitative estimate of drug-likeness (QED) is 0.271. The van der Waals surface area contributed by atoms with E-state index in [9.17, 15) is 4.79 Å². The Hall–Kier alpha value is -4.10. The van der Waals surface area contributed by atoms with Gasteiger partial charge in [-0.3, -0.25) is 4.79 Å². The van der Waals surface area contributed by atoms with Gasteiger partial charge in [0.05, 0.1) is 26.0 Å². The number of aryl methyl sites for hydroxylation is 5. The Bertz CT molecular complexity index is 1590. The van der Waals surface area contributed by atoms with Crippen molar-refractivity contribution in [2.75, 3.05) is 33.5 Å². The SMILES string of the molecule is COc1cc2c(cc1CCC(=O)N1CCOCCOc3ccc(-c4c(C)noc4C)cc3Cc3cccc(c3)C1)CCC2. The first-order chi connectivity index (χ1) is 21.0. The standard InChI is InChI=1S/C36H40N2O5/c1-24-36(25(2)43-37-24)31-10-12-33-32(21-31)19-26-6-4-7-27(18-26)23-38(14-15-41-16-17-42-33)35(39)13-11-30-20-28-8-5-9-29(28)22-34(30)40-3/h4,6-7,10,12,18,20-22H,5,8-9,11,13-17,19,23H2,1-3H3. The van der Waals surface area contributed by atoms with Crippen LogP contribution in [0.3, 0.4) is 0 Å². The van der Waals surface area contributed by atoms with Gasteiger partial charge in [0.15, 0.2) is 0 Å². The number of nitrogens with zero attached hydrogens (tertiary/aromatic N) is 2. The second kappa shape index (κ2) is 13.0. The zero-order valence-electron chi connectivity index (χ0n) is 25.4. The van der Waals surface area contributed by atoms with E-state index in [0.717, 1.165) is 63.6 Å². The number of carbonyl (C=O) groups excluding carboxylic acids is 1. The van der Waals surface area contributed by atoms with Crippen molar-refractivity contribution in [2.24, 2.45) is 0 Å². The molecular weight excluding hydrogens is 540 g/mol. The van der Waals surface area contributed by atoms with E-state index in [4.69, 9.17) is 18.7 Å². The Morgan fingerprint density at radius 1 is 0.953 bits per heavy atom. The van der Waals surface area contributed by atoms with Crippen LogP contribution in [0.1, 0.15) is 57.7 Å². The van der Waals surface area contributed by atoms with E-state index in [1.807, 2.05) is 24.8 Å². The smallest absolute Gasteiger partial charge is 0.223 e. The zero-order chi connectivity index (χ0) is 29.8. The molecule has 0 radical (unpaired) electrons. The molecule has 2 aliphatic rings. The van der Waals surface area contributed by atoms with Gasteiger partial charge < -0.3 is 23.6 Å². The van der Waals surface area contributed by atoms with Crippen LogP contribution in [0.5, 0.6) is 11.5 Å². The summed E-state index contributed by atoms with van der Waals surface area (Å²) in [5.41, 5.74) is 10.2. The molecule has 1 amide bonds. The Morgan fingerprint density at radius 2 is 1.79 bits per heavy atom. The number of methoxy groups -OCH3 is 1. The van der Waals surface area contributed by atoms with E-state index in [1.54, 1.807) is 7.11 Å². The summed E-state index contributed by atoms with van der Waals surface area (Å²) in [6, 6.07) is 19.2. The van der Waals surface area contributed by atoms with Crippen LogP contribution in [0.4, 0.5) is 0 Å². The van der Waals surface area contributed by atoms with Gasteiger partial charge >= 0.3 is 0 Å². The van der Waals surface area contributed by atoms with Crippen LogP contribution in [0, 0.1) is 13.8 Å². The first-order valence-corrected chi connectivity index (χ1v) is 15.3. The molecule has 4 aromatic rings. The normalized spacial score (nSPS) is 15.3. The van der Waals surface area contributed by atoms with Crippen molar-refractivity contribution >= 4 is 5.91 Å². The Labute approximate surface area is 253 Å². The van der Waals surface area contributed by atoms with Gasteiger partial charge in [0.25, 0.3) is 0 Å². The first kappa shape index (κ1) is 29.0. The molecule has 1 aliphatic heterocycles. The monoisotopic (exact) mass is 580 g/mol. The molecule has 6 rings (SSSR count). The van der Waals surface area contributed by atoms with Crippen molar-refractivity contribution < 1.29 is 23.5 Å². The third kappa shape index (κ3) is 6.62. The topological polar surface area (TPSA) is 74.0 Å². The van der Waals surface area contributed by atoms with E-state index in [1.165, 1.54) is 23.1 Å².